The molecule has 0 N–H and O–H groups in total. The fourth-order valence-electron chi connectivity index (χ4n) is 6.63. The summed E-state index contributed by atoms with van der Waals surface area (Å²) >= 11 is 0. The molecule has 0 amide bonds. The first-order valence-corrected chi connectivity index (χ1v) is 9.03. The molecule has 3 atom stereocenters. The SMILES string of the molecule is CC1(OC(=O)[C@H]2C[C@H]3C=C[C@@H]2C3)C2CC3CC(C2)CC1C3. The summed E-state index contributed by atoms with van der Waals surface area (Å²) in [6, 6.07) is 0. The second-order valence-corrected chi connectivity index (χ2v) is 8.80. The van der Waals surface area contributed by atoms with E-state index in [4.69, 9.17) is 4.74 Å². The number of carbonyl (C=O) groups is 1. The highest BCUT2D eigenvalue weighted by atomic mass is 16.6. The van der Waals surface area contributed by atoms with Gasteiger partial charge >= 0.3 is 5.97 Å². The van der Waals surface area contributed by atoms with E-state index in [0.717, 1.165) is 18.3 Å². The summed E-state index contributed by atoms with van der Waals surface area (Å²) in [6.07, 6.45) is 13.5. The number of carbonyl (C=O) groups excluding carboxylic acids is 1. The summed E-state index contributed by atoms with van der Waals surface area (Å²) in [4.78, 5) is 12.8. The van der Waals surface area contributed by atoms with Crippen molar-refractivity contribution in [3.05, 3.63) is 12.2 Å². The summed E-state index contributed by atoms with van der Waals surface area (Å²) in [5.41, 5.74) is -0.143. The van der Waals surface area contributed by atoms with Gasteiger partial charge in [-0.1, -0.05) is 12.2 Å². The maximum absolute atomic E-state index is 12.8. The topological polar surface area (TPSA) is 26.3 Å². The fraction of sp³-hybridized carbons (Fsp3) is 0.842. The average molecular weight is 286 g/mol. The Hall–Kier alpha value is -0.790. The Bertz CT molecular complexity index is 478. The van der Waals surface area contributed by atoms with Gasteiger partial charge in [-0.15, -0.1) is 0 Å². The molecule has 0 aliphatic heterocycles. The molecule has 0 heterocycles. The van der Waals surface area contributed by atoms with Crippen molar-refractivity contribution in [1.82, 2.24) is 0 Å². The first-order chi connectivity index (χ1) is 10.1. The molecule has 5 saturated carbocycles. The molecule has 2 nitrogen and oxygen atoms in total. The molecule has 0 spiro atoms. The van der Waals surface area contributed by atoms with E-state index in [1.807, 2.05) is 0 Å². The highest BCUT2D eigenvalue weighted by Gasteiger charge is 2.57. The molecule has 6 aliphatic carbocycles. The summed E-state index contributed by atoms with van der Waals surface area (Å²) in [7, 11) is 0. The Kier molecular flexibility index (Phi) is 2.51. The number of rotatable bonds is 2. The second-order valence-electron chi connectivity index (χ2n) is 8.80. The van der Waals surface area contributed by atoms with Crippen molar-refractivity contribution in [3.8, 4) is 0 Å². The molecule has 0 saturated heterocycles. The zero-order chi connectivity index (χ0) is 14.2. The third-order valence-electron chi connectivity index (χ3n) is 7.66. The van der Waals surface area contributed by atoms with Gasteiger partial charge in [-0.05, 0) is 87.4 Å². The van der Waals surface area contributed by atoms with E-state index in [1.54, 1.807) is 0 Å². The summed E-state index contributed by atoms with van der Waals surface area (Å²) in [6.45, 7) is 2.26. The number of hydrogen-bond donors (Lipinski definition) is 0. The zero-order valence-electron chi connectivity index (χ0n) is 13.0. The summed E-state index contributed by atoms with van der Waals surface area (Å²) in [5.74, 6) is 4.57. The van der Waals surface area contributed by atoms with Crippen molar-refractivity contribution in [1.29, 1.82) is 0 Å². The maximum Gasteiger partial charge on any atom is 0.310 e. The molecule has 2 heteroatoms. The van der Waals surface area contributed by atoms with Gasteiger partial charge in [0.2, 0.25) is 0 Å². The van der Waals surface area contributed by atoms with Crippen LogP contribution in [0.3, 0.4) is 0 Å². The molecule has 6 rings (SSSR count). The van der Waals surface area contributed by atoms with Gasteiger partial charge in [0.25, 0.3) is 0 Å². The van der Waals surface area contributed by atoms with Gasteiger partial charge in [0.15, 0.2) is 0 Å². The Balaban J connectivity index is 1.35. The zero-order valence-corrected chi connectivity index (χ0v) is 13.0. The normalized spacial score (nSPS) is 56.1. The molecule has 6 aliphatic rings. The molecular weight excluding hydrogens is 260 g/mol. The van der Waals surface area contributed by atoms with Gasteiger partial charge in [0.05, 0.1) is 5.92 Å². The maximum atomic E-state index is 12.8. The number of hydrogen-bond acceptors (Lipinski definition) is 2. The van der Waals surface area contributed by atoms with Crippen molar-refractivity contribution in [2.45, 2.75) is 57.5 Å². The first kappa shape index (κ1) is 12.7. The molecule has 0 aromatic carbocycles. The van der Waals surface area contributed by atoms with Crippen molar-refractivity contribution >= 4 is 5.97 Å². The van der Waals surface area contributed by atoms with Crippen LogP contribution in [0.4, 0.5) is 0 Å². The van der Waals surface area contributed by atoms with Gasteiger partial charge in [0, 0.05) is 0 Å². The molecule has 21 heavy (non-hydrogen) atoms. The van der Waals surface area contributed by atoms with Crippen molar-refractivity contribution < 1.29 is 9.53 Å². The van der Waals surface area contributed by atoms with Crippen LogP contribution in [0.25, 0.3) is 0 Å². The molecule has 0 aromatic heterocycles. The van der Waals surface area contributed by atoms with Gasteiger partial charge in [-0.2, -0.15) is 0 Å². The standard InChI is InChI=1S/C19H26O2/c1-19(15-6-12-4-13(8-15)9-16(19)7-12)21-18(20)17-10-11-2-3-14(17)5-11/h2-3,11-17H,4-10H2,1H3/t11-,12?,13?,14+,15?,16?,17-,19?/m0/s1. The Labute approximate surface area is 127 Å². The largest absolute Gasteiger partial charge is 0.459 e. The minimum absolute atomic E-state index is 0.127. The van der Waals surface area contributed by atoms with Crippen LogP contribution in [0.2, 0.25) is 0 Å². The van der Waals surface area contributed by atoms with E-state index >= 15 is 0 Å². The Morgan fingerprint density at radius 3 is 2.14 bits per heavy atom. The van der Waals surface area contributed by atoms with Crippen LogP contribution >= 0.6 is 0 Å². The monoisotopic (exact) mass is 286 g/mol. The lowest BCUT2D eigenvalue weighted by atomic mass is 9.50. The minimum Gasteiger partial charge on any atom is -0.459 e. The highest BCUT2D eigenvalue weighted by molar-refractivity contribution is 5.74. The molecule has 114 valence electrons. The molecule has 0 aromatic rings. The van der Waals surface area contributed by atoms with Gasteiger partial charge in [-0.25, -0.2) is 0 Å². The van der Waals surface area contributed by atoms with Crippen molar-refractivity contribution in [3.63, 3.8) is 0 Å². The van der Waals surface area contributed by atoms with Gasteiger partial charge < -0.3 is 4.74 Å². The average Bonchev–Trinajstić information content (AvgIpc) is 3.07. The predicted octanol–water partition coefficient (Wildman–Crippen LogP) is 3.96. The third-order valence-corrected chi connectivity index (χ3v) is 7.66. The lowest BCUT2D eigenvalue weighted by molar-refractivity contribution is -0.207. The van der Waals surface area contributed by atoms with Crippen LogP contribution in [0.5, 0.6) is 0 Å². The van der Waals surface area contributed by atoms with Crippen molar-refractivity contribution in [2.24, 2.45) is 41.4 Å². The van der Waals surface area contributed by atoms with Crippen LogP contribution in [0.15, 0.2) is 12.2 Å². The fourth-order valence-corrected chi connectivity index (χ4v) is 6.63. The Morgan fingerprint density at radius 1 is 0.952 bits per heavy atom. The second kappa shape index (κ2) is 4.14. The molecule has 0 radical (unpaired) electrons. The summed E-state index contributed by atoms with van der Waals surface area (Å²) < 4.78 is 6.28. The van der Waals surface area contributed by atoms with Gasteiger partial charge in [-0.3, -0.25) is 4.79 Å². The highest BCUT2D eigenvalue weighted by Crippen LogP contribution is 2.60. The molecule has 0 unspecified atom stereocenters. The molecule has 5 fully saturated rings. The predicted molar refractivity (Wildman–Crippen MR) is 80.4 cm³/mol. The van der Waals surface area contributed by atoms with Crippen LogP contribution < -0.4 is 0 Å². The van der Waals surface area contributed by atoms with Crippen LogP contribution in [-0.4, -0.2) is 11.6 Å². The Morgan fingerprint density at radius 2 is 1.62 bits per heavy atom. The van der Waals surface area contributed by atoms with Crippen LogP contribution in [-0.2, 0) is 9.53 Å². The number of ether oxygens (including phenoxy) is 1. The molecule has 6 bridgehead atoms. The van der Waals surface area contributed by atoms with E-state index < -0.39 is 0 Å². The van der Waals surface area contributed by atoms with E-state index in [2.05, 4.69) is 19.1 Å². The lowest BCUT2D eigenvalue weighted by Crippen LogP contribution is -2.58. The molecular formula is C19H26O2. The number of allylic oxidation sites excluding steroid dienone is 2. The number of fused-ring (bicyclic) bond motifs is 2. The van der Waals surface area contributed by atoms with E-state index in [1.165, 1.54) is 38.5 Å². The van der Waals surface area contributed by atoms with E-state index in [-0.39, 0.29) is 17.5 Å². The van der Waals surface area contributed by atoms with Crippen molar-refractivity contribution in [2.75, 3.05) is 0 Å². The van der Waals surface area contributed by atoms with Crippen LogP contribution in [0.1, 0.15) is 51.9 Å². The lowest BCUT2D eigenvalue weighted by Gasteiger charge is -2.59. The van der Waals surface area contributed by atoms with Crippen LogP contribution in [0, 0.1) is 41.4 Å². The quantitative estimate of drug-likeness (QED) is 0.567. The number of esters is 1. The van der Waals surface area contributed by atoms with Gasteiger partial charge in [0.1, 0.15) is 5.60 Å². The van der Waals surface area contributed by atoms with E-state index in [9.17, 15) is 4.79 Å². The first-order valence-electron chi connectivity index (χ1n) is 9.03. The summed E-state index contributed by atoms with van der Waals surface area (Å²) in [5, 5.41) is 0. The minimum atomic E-state index is -0.143. The smallest absolute Gasteiger partial charge is 0.310 e. The third kappa shape index (κ3) is 1.74. The van der Waals surface area contributed by atoms with E-state index in [0.29, 0.717) is 23.7 Å².